The molecule has 10 heteroatoms. The van der Waals surface area contributed by atoms with E-state index >= 15 is 0 Å². The third-order valence-corrected chi connectivity index (χ3v) is 5.65. The number of amides is 1. The van der Waals surface area contributed by atoms with Crippen molar-refractivity contribution >= 4 is 28.9 Å². The molecule has 0 saturated heterocycles. The maximum Gasteiger partial charge on any atom is 0.350 e. The van der Waals surface area contributed by atoms with Gasteiger partial charge in [-0.25, -0.2) is 4.79 Å². The topological polar surface area (TPSA) is 117 Å². The molecule has 1 saturated carbocycles. The highest BCUT2D eigenvalue weighted by Crippen LogP contribution is 2.40. The van der Waals surface area contributed by atoms with Crippen molar-refractivity contribution in [2.75, 3.05) is 26.1 Å². The molecular weight excluding hydrogens is 400 g/mol. The summed E-state index contributed by atoms with van der Waals surface area (Å²) < 4.78 is 15.6. The minimum atomic E-state index is -0.870. The van der Waals surface area contributed by atoms with Gasteiger partial charge in [0.25, 0.3) is 0 Å². The number of thiophene rings is 1. The fourth-order valence-corrected chi connectivity index (χ4v) is 3.89. The molecule has 154 valence electrons. The summed E-state index contributed by atoms with van der Waals surface area (Å²) in [5.41, 5.74) is 1.03. The van der Waals surface area contributed by atoms with E-state index in [-0.39, 0.29) is 23.6 Å². The van der Waals surface area contributed by atoms with Gasteiger partial charge < -0.3 is 19.5 Å². The van der Waals surface area contributed by atoms with Crippen LogP contribution >= 0.6 is 11.3 Å². The molecule has 0 bridgehead atoms. The molecule has 0 spiro atoms. The second-order valence-corrected chi connectivity index (χ2v) is 7.38. The van der Waals surface area contributed by atoms with Crippen LogP contribution in [0.15, 0.2) is 24.3 Å². The van der Waals surface area contributed by atoms with Crippen molar-refractivity contribution in [3.63, 3.8) is 0 Å². The monoisotopic (exact) mass is 420 g/mol. The van der Waals surface area contributed by atoms with E-state index in [0.717, 1.165) is 16.9 Å². The molecule has 0 aliphatic heterocycles. The van der Waals surface area contributed by atoms with Crippen LogP contribution in [-0.2, 0) is 9.53 Å². The zero-order valence-electron chi connectivity index (χ0n) is 16.1. The number of hydrogen-bond donors (Lipinski definition) is 1. The average Bonchev–Trinajstić information content (AvgIpc) is 3.42. The summed E-state index contributed by atoms with van der Waals surface area (Å²) in [6.45, 7) is 1.87. The summed E-state index contributed by atoms with van der Waals surface area (Å²) in [5.74, 6) is -0.653. The minimum absolute atomic E-state index is 0.182. The van der Waals surface area contributed by atoms with Crippen molar-refractivity contribution in [2.45, 2.75) is 19.4 Å². The first kappa shape index (κ1) is 20.6. The second-order valence-electron chi connectivity index (χ2n) is 6.33. The number of carbonyl (C=O) groups excluding carboxylic acids is 2. The highest BCUT2D eigenvalue weighted by Gasteiger charge is 2.53. The Morgan fingerprint density at radius 2 is 1.97 bits per heavy atom. The van der Waals surface area contributed by atoms with E-state index in [4.69, 9.17) is 14.2 Å². The third kappa shape index (κ3) is 4.32. The number of anilines is 1. The van der Waals surface area contributed by atoms with Gasteiger partial charge in [-0.1, -0.05) is 0 Å². The van der Waals surface area contributed by atoms with Crippen LogP contribution in [0.5, 0.6) is 11.5 Å². The number of methoxy groups -OCH3 is 2. The van der Waals surface area contributed by atoms with Crippen molar-refractivity contribution in [2.24, 2.45) is 5.92 Å². The first-order valence-corrected chi connectivity index (χ1v) is 9.68. The summed E-state index contributed by atoms with van der Waals surface area (Å²) >= 11 is 1.16. The molecule has 3 rings (SSSR count). The summed E-state index contributed by atoms with van der Waals surface area (Å²) in [7, 11) is 3.05. The fraction of sp³-hybridized carbons (Fsp3) is 0.368. The highest BCUT2D eigenvalue weighted by atomic mass is 32.1. The van der Waals surface area contributed by atoms with Crippen molar-refractivity contribution in [3.8, 4) is 21.9 Å². The lowest BCUT2D eigenvalue weighted by Gasteiger charge is -2.08. The van der Waals surface area contributed by atoms with Crippen LogP contribution in [-0.4, -0.2) is 43.7 Å². The van der Waals surface area contributed by atoms with Gasteiger partial charge in [0.1, 0.15) is 10.8 Å². The Morgan fingerprint density at radius 3 is 2.55 bits per heavy atom. The number of nitrogens with zero attached hydrogens (tertiary/aromatic N) is 1. The number of nitro groups is 1. The first-order chi connectivity index (χ1) is 13.9. The van der Waals surface area contributed by atoms with Crippen LogP contribution in [0.2, 0.25) is 0 Å². The van der Waals surface area contributed by atoms with Crippen LogP contribution in [0.3, 0.4) is 0 Å². The molecule has 1 heterocycles. The van der Waals surface area contributed by atoms with E-state index in [2.05, 4.69) is 5.32 Å². The second kappa shape index (κ2) is 8.48. The molecule has 1 amide bonds. The molecule has 0 radical (unpaired) electrons. The highest BCUT2D eigenvalue weighted by molar-refractivity contribution is 7.18. The molecule has 9 nitrogen and oxygen atoms in total. The molecule has 2 atom stereocenters. The predicted molar refractivity (Wildman–Crippen MR) is 106 cm³/mol. The third-order valence-electron chi connectivity index (χ3n) is 4.48. The van der Waals surface area contributed by atoms with Crippen LogP contribution in [0.4, 0.5) is 5.69 Å². The van der Waals surface area contributed by atoms with Crippen molar-refractivity contribution in [1.82, 2.24) is 0 Å². The van der Waals surface area contributed by atoms with Crippen molar-refractivity contribution in [1.29, 1.82) is 0 Å². The van der Waals surface area contributed by atoms with Crippen LogP contribution in [0.1, 0.15) is 23.0 Å². The van der Waals surface area contributed by atoms with E-state index in [1.165, 1.54) is 14.2 Å². The van der Waals surface area contributed by atoms with E-state index in [0.29, 0.717) is 16.4 Å². The normalized spacial score (nSPS) is 17.3. The Bertz CT molecular complexity index is 956. The molecular formula is C19H20N2O7S. The van der Waals surface area contributed by atoms with Crippen LogP contribution in [0, 0.1) is 16.0 Å². The zero-order chi connectivity index (χ0) is 21.1. The van der Waals surface area contributed by atoms with Crippen LogP contribution in [0.25, 0.3) is 10.4 Å². The molecule has 2 unspecified atom stereocenters. The Morgan fingerprint density at radius 1 is 1.24 bits per heavy atom. The molecule has 2 aromatic rings. The molecule has 1 aliphatic rings. The Kier molecular flexibility index (Phi) is 6.02. The summed E-state index contributed by atoms with van der Waals surface area (Å²) in [5, 5.41) is 13.5. The quantitative estimate of drug-likeness (QED) is 0.396. The summed E-state index contributed by atoms with van der Waals surface area (Å²) in [6, 6.07) is 6.08. The molecule has 1 N–H and O–H groups in total. The van der Waals surface area contributed by atoms with Gasteiger partial charge in [-0.15, -0.1) is 11.3 Å². The van der Waals surface area contributed by atoms with E-state index < -0.39 is 28.8 Å². The number of nitrogens with one attached hydrogen (secondary N) is 1. The Balaban J connectivity index is 1.92. The lowest BCUT2D eigenvalue weighted by molar-refractivity contribution is -0.497. The van der Waals surface area contributed by atoms with Gasteiger partial charge in [0.05, 0.1) is 26.5 Å². The lowest BCUT2D eigenvalue weighted by Crippen LogP contribution is -2.19. The average molecular weight is 420 g/mol. The molecule has 29 heavy (non-hydrogen) atoms. The number of hydrogen-bond acceptors (Lipinski definition) is 8. The molecule has 1 aliphatic carbocycles. The maximum absolute atomic E-state index is 12.4. The molecule has 1 aromatic heterocycles. The van der Waals surface area contributed by atoms with E-state index in [1.807, 2.05) is 0 Å². The van der Waals surface area contributed by atoms with Gasteiger partial charge in [0.15, 0.2) is 11.5 Å². The minimum Gasteiger partial charge on any atom is -0.493 e. The summed E-state index contributed by atoms with van der Waals surface area (Å²) in [6.07, 6.45) is 0.195. The molecule has 1 fully saturated rings. The molecule has 1 aromatic carbocycles. The van der Waals surface area contributed by atoms with Crippen molar-refractivity contribution in [3.05, 3.63) is 39.3 Å². The van der Waals surface area contributed by atoms with Gasteiger partial charge in [-0.3, -0.25) is 14.9 Å². The zero-order valence-corrected chi connectivity index (χ0v) is 16.9. The van der Waals surface area contributed by atoms with Gasteiger partial charge in [0, 0.05) is 16.2 Å². The smallest absolute Gasteiger partial charge is 0.350 e. The van der Waals surface area contributed by atoms with Gasteiger partial charge in [0.2, 0.25) is 11.9 Å². The first-order valence-electron chi connectivity index (χ1n) is 8.87. The lowest BCUT2D eigenvalue weighted by atomic mass is 10.1. The van der Waals surface area contributed by atoms with Gasteiger partial charge in [-0.05, 0) is 36.8 Å². The van der Waals surface area contributed by atoms with Gasteiger partial charge in [-0.2, -0.15) is 0 Å². The Labute approximate surface area is 170 Å². The standard InChI is InChI=1S/C19H20N2O7S/c1-4-28-19(23)17-12(20-18(22)11-8-13(11)21(24)25)9-16(29-17)10-5-6-14(26-2)15(7-10)27-3/h5-7,9,11,13H,4,8H2,1-3H3,(H,20,22). The summed E-state index contributed by atoms with van der Waals surface area (Å²) in [4.78, 5) is 36.0. The number of ether oxygens (including phenoxy) is 3. The predicted octanol–water partition coefficient (Wildman–Crippen LogP) is 3.21. The van der Waals surface area contributed by atoms with Gasteiger partial charge >= 0.3 is 5.97 Å². The fourth-order valence-electron chi connectivity index (χ4n) is 2.89. The number of carbonyl (C=O) groups is 2. The van der Waals surface area contributed by atoms with Crippen molar-refractivity contribution < 1.29 is 28.7 Å². The van der Waals surface area contributed by atoms with E-state index in [9.17, 15) is 19.7 Å². The number of rotatable bonds is 8. The SMILES string of the molecule is CCOC(=O)c1sc(-c2ccc(OC)c(OC)c2)cc1NC(=O)C1CC1[N+](=O)[O-]. The number of esters is 1. The van der Waals surface area contributed by atoms with Crippen LogP contribution < -0.4 is 14.8 Å². The number of benzene rings is 1. The maximum atomic E-state index is 12.4. The largest absolute Gasteiger partial charge is 0.493 e. The Hall–Kier alpha value is -3.14. The van der Waals surface area contributed by atoms with E-state index in [1.54, 1.807) is 31.2 Å².